The number of rotatable bonds is 5. The molecule has 1 N–H and O–H groups in total. The van der Waals surface area contributed by atoms with Crippen LogP contribution in [0.25, 0.3) is 0 Å². The Hall–Kier alpha value is -0.710. The summed E-state index contributed by atoms with van der Waals surface area (Å²) in [6.45, 7) is 5.33. The van der Waals surface area contributed by atoms with E-state index in [0.29, 0.717) is 13.2 Å². The second-order valence-corrected chi connectivity index (χ2v) is 6.77. The van der Waals surface area contributed by atoms with Gasteiger partial charge in [-0.2, -0.15) is 0 Å². The van der Waals surface area contributed by atoms with E-state index < -0.39 is 0 Å². The molecule has 0 aromatic heterocycles. The molecule has 0 aliphatic heterocycles. The van der Waals surface area contributed by atoms with Crippen LogP contribution in [-0.4, -0.2) is 6.61 Å². The van der Waals surface area contributed by atoms with Crippen molar-refractivity contribution >= 4 is 49.1 Å². The van der Waals surface area contributed by atoms with E-state index in [1.165, 1.54) is 5.56 Å². The molecule has 2 aromatic rings. The van der Waals surface area contributed by atoms with E-state index in [2.05, 4.69) is 37.2 Å². The first kappa shape index (κ1) is 16.7. The largest absolute Gasteiger partial charge is 0.492 e. The molecule has 21 heavy (non-hydrogen) atoms. The number of aryl methyl sites for hydroxylation is 1. The third-order valence-electron chi connectivity index (χ3n) is 2.95. The highest BCUT2D eigenvalue weighted by Crippen LogP contribution is 2.35. The standard InChI is InChI=1S/C16H16Br2ClNO/c1-3-21-16-12(17)7-11(8-13(16)18)9-20-15-6-10(2)4-5-14(15)19/h4-8,20H,3,9H2,1-2H3. The van der Waals surface area contributed by atoms with Crippen LogP contribution in [0.15, 0.2) is 39.3 Å². The van der Waals surface area contributed by atoms with Gasteiger partial charge >= 0.3 is 0 Å². The smallest absolute Gasteiger partial charge is 0.147 e. The molecule has 2 rings (SSSR count). The van der Waals surface area contributed by atoms with Gasteiger partial charge in [-0.1, -0.05) is 17.7 Å². The Morgan fingerprint density at radius 3 is 2.43 bits per heavy atom. The average molecular weight is 434 g/mol. The molecule has 0 unspecified atom stereocenters. The Kier molecular flexibility index (Phi) is 5.97. The number of hydrogen-bond acceptors (Lipinski definition) is 2. The van der Waals surface area contributed by atoms with Crippen molar-refractivity contribution in [3.63, 3.8) is 0 Å². The lowest BCUT2D eigenvalue weighted by Gasteiger charge is -2.13. The van der Waals surface area contributed by atoms with Crippen molar-refractivity contribution in [3.05, 3.63) is 55.4 Å². The highest BCUT2D eigenvalue weighted by atomic mass is 79.9. The highest BCUT2D eigenvalue weighted by molar-refractivity contribution is 9.11. The maximum absolute atomic E-state index is 6.19. The van der Waals surface area contributed by atoms with E-state index in [1.54, 1.807) is 0 Å². The van der Waals surface area contributed by atoms with Gasteiger partial charge in [0.15, 0.2) is 0 Å². The number of ether oxygens (including phenoxy) is 1. The summed E-state index contributed by atoms with van der Waals surface area (Å²) in [5.74, 6) is 0.829. The lowest BCUT2D eigenvalue weighted by molar-refractivity contribution is 0.336. The van der Waals surface area contributed by atoms with Gasteiger partial charge < -0.3 is 10.1 Å². The van der Waals surface area contributed by atoms with Gasteiger partial charge in [0.1, 0.15) is 5.75 Å². The summed E-state index contributed by atoms with van der Waals surface area (Å²) in [6, 6.07) is 10.0. The van der Waals surface area contributed by atoms with Crippen molar-refractivity contribution in [1.29, 1.82) is 0 Å². The van der Waals surface area contributed by atoms with Crippen molar-refractivity contribution in [1.82, 2.24) is 0 Å². The van der Waals surface area contributed by atoms with Crippen molar-refractivity contribution in [2.75, 3.05) is 11.9 Å². The Labute approximate surface area is 147 Å². The van der Waals surface area contributed by atoms with Gasteiger partial charge in [0.2, 0.25) is 0 Å². The molecular formula is C16H16Br2ClNO. The first-order chi connectivity index (χ1) is 10.0. The molecule has 0 saturated carbocycles. The molecule has 0 radical (unpaired) electrons. The number of benzene rings is 2. The fraction of sp³-hybridized carbons (Fsp3) is 0.250. The molecule has 0 aliphatic rings. The summed E-state index contributed by atoms with van der Waals surface area (Å²) in [4.78, 5) is 0. The van der Waals surface area contributed by atoms with Crippen LogP contribution in [-0.2, 0) is 6.54 Å². The zero-order valence-corrected chi connectivity index (χ0v) is 15.8. The van der Waals surface area contributed by atoms with Crippen molar-refractivity contribution < 1.29 is 4.74 Å². The summed E-state index contributed by atoms with van der Waals surface area (Å²) in [5, 5.41) is 4.09. The Morgan fingerprint density at radius 1 is 1.14 bits per heavy atom. The summed E-state index contributed by atoms with van der Waals surface area (Å²) in [5.41, 5.74) is 3.25. The van der Waals surface area contributed by atoms with Crippen LogP contribution in [0.4, 0.5) is 5.69 Å². The monoisotopic (exact) mass is 431 g/mol. The zero-order valence-electron chi connectivity index (χ0n) is 11.8. The third-order valence-corrected chi connectivity index (χ3v) is 4.46. The number of hydrogen-bond donors (Lipinski definition) is 1. The molecule has 0 fully saturated rings. The Bertz CT molecular complexity index is 623. The molecule has 0 bridgehead atoms. The maximum atomic E-state index is 6.19. The van der Waals surface area contributed by atoms with E-state index in [9.17, 15) is 0 Å². The quantitative estimate of drug-likeness (QED) is 0.608. The zero-order chi connectivity index (χ0) is 15.4. The normalized spacial score (nSPS) is 10.5. The molecule has 0 aliphatic carbocycles. The number of anilines is 1. The van der Waals surface area contributed by atoms with Crippen LogP contribution in [0.1, 0.15) is 18.1 Å². The minimum absolute atomic E-state index is 0.633. The fourth-order valence-corrected chi connectivity index (χ4v) is 3.66. The van der Waals surface area contributed by atoms with Gasteiger partial charge in [-0.05, 0) is 81.1 Å². The third kappa shape index (κ3) is 4.38. The molecule has 0 heterocycles. The lowest BCUT2D eigenvalue weighted by atomic mass is 10.2. The van der Waals surface area contributed by atoms with Gasteiger partial charge in [0, 0.05) is 6.54 Å². The van der Waals surface area contributed by atoms with Gasteiger partial charge in [0.25, 0.3) is 0 Å². The Morgan fingerprint density at radius 2 is 1.81 bits per heavy atom. The highest BCUT2D eigenvalue weighted by Gasteiger charge is 2.09. The van der Waals surface area contributed by atoms with Crippen LogP contribution >= 0.6 is 43.5 Å². The fourth-order valence-electron chi connectivity index (χ4n) is 1.97. The van der Waals surface area contributed by atoms with Gasteiger partial charge in [-0.3, -0.25) is 0 Å². The van der Waals surface area contributed by atoms with Crippen molar-refractivity contribution in [3.8, 4) is 5.75 Å². The summed E-state index contributed by atoms with van der Waals surface area (Å²) in [7, 11) is 0. The van der Waals surface area contributed by atoms with E-state index in [1.807, 2.05) is 44.2 Å². The first-order valence-electron chi connectivity index (χ1n) is 6.62. The van der Waals surface area contributed by atoms with Crippen LogP contribution in [0.2, 0.25) is 5.02 Å². The van der Waals surface area contributed by atoms with E-state index in [4.69, 9.17) is 16.3 Å². The molecule has 0 saturated heterocycles. The molecule has 0 spiro atoms. The average Bonchev–Trinajstić information content (AvgIpc) is 2.44. The van der Waals surface area contributed by atoms with Crippen LogP contribution in [0.5, 0.6) is 5.75 Å². The van der Waals surface area contributed by atoms with Gasteiger partial charge in [-0.15, -0.1) is 0 Å². The molecule has 2 nitrogen and oxygen atoms in total. The summed E-state index contributed by atoms with van der Waals surface area (Å²) < 4.78 is 7.46. The second-order valence-electron chi connectivity index (χ2n) is 4.66. The minimum Gasteiger partial charge on any atom is -0.492 e. The Balaban J connectivity index is 2.15. The van der Waals surface area contributed by atoms with Crippen molar-refractivity contribution in [2.45, 2.75) is 20.4 Å². The number of nitrogens with one attached hydrogen (secondary N) is 1. The first-order valence-corrected chi connectivity index (χ1v) is 8.58. The van der Waals surface area contributed by atoms with E-state index in [-0.39, 0.29) is 0 Å². The van der Waals surface area contributed by atoms with Crippen LogP contribution in [0, 0.1) is 6.92 Å². The van der Waals surface area contributed by atoms with E-state index in [0.717, 1.165) is 31.0 Å². The predicted octanol–water partition coefficient (Wildman–Crippen LogP) is 6.18. The maximum Gasteiger partial charge on any atom is 0.147 e. The summed E-state index contributed by atoms with van der Waals surface area (Å²) >= 11 is 13.3. The summed E-state index contributed by atoms with van der Waals surface area (Å²) in [6.07, 6.45) is 0. The second kappa shape index (κ2) is 7.52. The predicted molar refractivity (Wildman–Crippen MR) is 96.5 cm³/mol. The van der Waals surface area contributed by atoms with Gasteiger partial charge in [-0.25, -0.2) is 0 Å². The van der Waals surface area contributed by atoms with E-state index >= 15 is 0 Å². The molecule has 2 aromatic carbocycles. The molecular weight excluding hydrogens is 417 g/mol. The topological polar surface area (TPSA) is 21.3 Å². The van der Waals surface area contributed by atoms with Crippen LogP contribution < -0.4 is 10.1 Å². The van der Waals surface area contributed by atoms with Crippen molar-refractivity contribution in [2.24, 2.45) is 0 Å². The molecule has 5 heteroatoms. The lowest BCUT2D eigenvalue weighted by Crippen LogP contribution is -2.02. The minimum atomic E-state index is 0.633. The SMILES string of the molecule is CCOc1c(Br)cc(CNc2cc(C)ccc2Cl)cc1Br. The van der Waals surface area contributed by atoms with Crippen LogP contribution in [0.3, 0.4) is 0 Å². The van der Waals surface area contributed by atoms with Gasteiger partial charge in [0.05, 0.1) is 26.3 Å². The molecule has 0 amide bonds. The molecule has 112 valence electrons. The number of halogens is 3. The molecule has 0 atom stereocenters.